The van der Waals surface area contributed by atoms with Crippen LogP contribution in [-0.4, -0.2) is 58.8 Å². The molecule has 0 radical (unpaired) electrons. The molecule has 0 atom stereocenters. The Morgan fingerprint density at radius 1 is 1.61 bits per heavy atom. The van der Waals surface area contributed by atoms with Crippen molar-refractivity contribution < 1.29 is 19.4 Å². The van der Waals surface area contributed by atoms with Crippen molar-refractivity contribution in [3.8, 4) is 0 Å². The van der Waals surface area contributed by atoms with Crippen LogP contribution in [-0.2, 0) is 16.1 Å². The maximum atomic E-state index is 11.7. The number of amides is 2. The van der Waals surface area contributed by atoms with E-state index in [0.717, 1.165) is 4.90 Å². The molecule has 0 spiro atoms. The number of ether oxygens (including phenoxy) is 1. The van der Waals surface area contributed by atoms with Crippen LogP contribution < -0.4 is 5.32 Å². The molecule has 0 saturated heterocycles. The van der Waals surface area contributed by atoms with E-state index in [2.05, 4.69) is 15.3 Å². The Kier molecular flexibility index (Phi) is 5.65. The molecule has 100 valence electrons. The fourth-order valence-corrected chi connectivity index (χ4v) is 1.28. The first-order valence-corrected chi connectivity index (χ1v) is 5.35. The van der Waals surface area contributed by atoms with Gasteiger partial charge in [0, 0.05) is 26.0 Å². The van der Waals surface area contributed by atoms with Gasteiger partial charge in [0.2, 0.25) is 0 Å². The highest BCUT2D eigenvalue weighted by atomic mass is 16.5. The molecule has 2 amide bonds. The Hall–Kier alpha value is -2.09. The van der Waals surface area contributed by atoms with Crippen LogP contribution in [0.5, 0.6) is 0 Å². The molecule has 0 fully saturated rings. The second kappa shape index (κ2) is 7.28. The zero-order chi connectivity index (χ0) is 13.4. The lowest BCUT2D eigenvalue weighted by Crippen LogP contribution is -2.44. The highest BCUT2D eigenvalue weighted by molar-refractivity contribution is 5.79. The van der Waals surface area contributed by atoms with E-state index in [0.29, 0.717) is 5.82 Å². The number of imidazole rings is 1. The number of aromatic amines is 1. The van der Waals surface area contributed by atoms with Gasteiger partial charge in [0.1, 0.15) is 12.4 Å². The highest BCUT2D eigenvalue weighted by Crippen LogP contribution is 1.93. The molecule has 0 unspecified atom stereocenters. The van der Waals surface area contributed by atoms with Crippen molar-refractivity contribution in [2.75, 3.05) is 26.8 Å². The largest absolute Gasteiger partial charge is 0.480 e. The van der Waals surface area contributed by atoms with Crippen LogP contribution in [0.15, 0.2) is 12.4 Å². The Morgan fingerprint density at radius 3 is 2.94 bits per heavy atom. The first-order valence-electron chi connectivity index (χ1n) is 5.35. The maximum absolute atomic E-state index is 11.7. The van der Waals surface area contributed by atoms with Gasteiger partial charge in [-0.15, -0.1) is 0 Å². The Morgan fingerprint density at radius 2 is 2.39 bits per heavy atom. The van der Waals surface area contributed by atoms with Gasteiger partial charge in [-0.1, -0.05) is 0 Å². The number of nitrogens with zero attached hydrogens (tertiary/aromatic N) is 2. The number of carboxylic acid groups (broad SMARTS) is 1. The zero-order valence-corrected chi connectivity index (χ0v) is 10.0. The molecule has 0 bridgehead atoms. The van der Waals surface area contributed by atoms with Crippen molar-refractivity contribution in [2.24, 2.45) is 0 Å². The molecule has 0 aliphatic rings. The third-order valence-corrected chi connectivity index (χ3v) is 2.14. The molecule has 1 aromatic rings. The minimum Gasteiger partial charge on any atom is -0.480 e. The van der Waals surface area contributed by atoms with Crippen LogP contribution in [0.25, 0.3) is 0 Å². The summed E-state index contributed by atoms with van der Waals surface area (Å²) in [4.78, 5) is 30.3. The number of carbonyl (C=O) groups excluding carboxylic acids is 1. The van der Waals surface area contributed by atoms with Crippen LogP contribution in [0.4, 0.5) is 4.79 Å². The number of rotatable bonds is 7. The summed E-state index contributed by atoms with van der Waals surface area (Å²) in [5, 5.41) is 11.3. The summed E-state index contributed by atoms with van der Waals surface area (Å²) >= 11 is 0. The minimum atomic E-state index is -1.07. The smallest absolute Gasteiger partial charge is 0.323 e. The number of carboxylic acids is 1. The van der Waals surface area contributed by atoms with Crippen molar-refractivity contribution >= 4 is 12.0 Å². The number of H-pyrrole nitrogens is 1. The molecule has 0 aliphatic heterocycles. The number of carbonyl (C=O) groups is 2. The third kappa shape index (κ3) is 4.83. The van der Waals surface area contributed by atoms with Crippen LogP contribution in [0.3, 0.4) is 0 Å². The van der Waals surface area contributed by atoms with E-state index in [9.17, 15) is 9.59 Å². The molecule has 1 aromatic heterocycles. The van der Waals surface area contributed by atoms with Crippen LogP contribution in [0.1, 0.15) is 5.82 Å². The second-order valence-corrected chi connectivity index (χ2v) is 3.50. The maximum Gasteiger partial charge on any atom is 0.323 e. The normalized spacial score (nSPS) is 10.1. The van der Waals surface area contributed by atoms with Crippen molar-refractivity contribution in [2.45, 2.75) is 6.54 Å². The summed E-state index contributed by atoms with van der Waals surface area (Å²) < 4.78 is 4.82. The van der Waals surface area contributed by atoms with Gasteiger partial charge in [0.05, 0.1) is 13.2 Å². The first kappa shape index (κ1) is 14.0. The van der Waals surface area contributed by atoms with E-state index in [-0.39, 0.29) is 26.2 Å². The van der Waals surface area contributed by atoms with Crippen LogP contribution >= 0.6 is 0 Å². The number of urea groups is 1. The topological polar surface area (TPSA) is 108 Å². The molecule has 8 heteroatoms. The number of nitrogens with one attached hydrogen (secondary N) is 2. The van der Waals surface area contributed by atoms with Gasteiger partial charge in [0.15, 0.2) is 0 Å². The average molecular weight is 256 g/mol. The summed E-state index contributed by atoms with van der Waals surface area (Å²) in [6.45, 7) is 0.344. The summed E-state index contributed by atoms with van der Waals surface area (Å²) in [6, 6.07) is -0.467. The van der Waals surface area contributed by atoms with Gasteiger partial charge >= 0.3 is 12.0 Å². The number of aliphatic carboxylic acids is 1. The summed E-state index contributed by atoms with van der Waals surface area (Å²) in [5.41, 5.74) is 0. The van der Waals surface area contributed by atoms with Gasteiger partial charge in [-0.25, -0.2) is 9.78 Å². The van der Waals surface area contributed by atoms with Crippen LogP contribution in [0, 0.1) is 0 Å². The fourth-order valence-electron chi connectivity index (χ4n) is 1.28. The minimum absolute atomic E-state index is 0.215. The standard InChI is InChI=1S/C10H16N4O4/c1-18-5-4-14(7-9(15)16)10(17)13-6-8-11-2-3-12-8/h2-3H,4-7H2,1H3,(H,11,12)(H,13,17)(H,15,16). The van der Waals surface area contributed by atoms with Crippen LogP contribution in [0.2, 0.25) is 0 Å². The monoisotopic (exact) mass is 256 g/mol. The predicted molar refractivity (Wildman–Crippen MR) is 61.9 cm³/mol. The zero-order valence-electron chi connectivity index (χ0n) is 10.0. The highest BCUT2D eigenvalue weighted by Gasteiger charge is 2.16. The summed E-state index contributed by atoms with van der Waals surface area (Å²) in [5.74, 6) is -0.468. The number of aromatic nitrogens is 2. The quantitative estimate of drug-likeness (QED) is 0.618. The van der Waals surface area contributed by atoms with Gasteiger partial charge in [-0.2, -0.15) is 0 Å². The van der Waals surface area contributed by atoms with Gasteiger partial charge in [0.25, 0.3) is 0 Å². The van der Waals surface area contributed by atoms with Gasteiger partial charge in [-0.3, -0.25) is 4.79 Å². The summed E-state index contributed by atoms with van der Waals surface area (Å²) in [6.07, 6.45) is 3.21. The van der Waals surface area contributed by atoms with Crippen molar-refractivity contribution in [3.63, 3.8) is 0 Å². The Bertz CT molecular complexity index is 379. The molecule has 0 saturated carbocycles. The van der Waals surface area contributed by atoms with Crippen molar-refractivity contribution in [3.05, 3.63) is 18.2 Å². The molecule has 1 rings (SSSR count). The molecule has 0 aliphatic carbocycles. The lowest BCUT2D eigenvalue weighted by Gasteiger charge is -2.20. The first-order chi connectivity index (χ1) is 8.63. The van der Waals surface area contributed by atoms with Crippen molar-refractivity contribution in [1.82, 2.24) is 20.2 Å². The van der Waals surface area contributed by atoms with E-state index >= 15 is 0 Å². The number of hydrogen-bond donors (Lipinski definition) is 3. The molecule has 3 N–H and O–H groups in total. The van der Waals surface area contributed by atoms with E-state index in [1.165, 1.54) is 7.11 Å². The SMILES string of the molecule is COCCN(CC(=O)O)C(=O)NCc1ncc[nH]1. The predicted octanol–water partition coefficient (Wildman–Crippen LogP) is -0.348. The molecule has 8 nitrogen and oxygen atoms in total. The number of hydrogen-bond acceptors (Lipinski definition) is 4. The fraction of sp³-hybridized carbons (Fsp3) is 0.500. The average Bonchev–Trinajstić information content (AvgIpc) is 2.84. The second-order valence-electron chi connectivity index (χ2n) is 3.50. The molecule has 1 heterocycles. The van der Waals surface area contributed by atoms with Gasteiger partial charge in [-0.05, 0) is 0 Å². The number of methoxy groups -OCH3 is 1. The van der Waals surface area contributed by atoms with E-state index in [1.807, 2.05) is 0 Å². The molecule has 18 heavy (non-hydrogen) atoms. The molecular weight excluding hydrogens is 240 g/mol. The van der Waals surface area contributed by atoms with E-state index in [4.69, 9.17) is 9.84 Å². The van der Waals surface area contributed by atoms with Crippen molar-refractivity contribution in [1.29, 1.82) is 0 Å². The summed E-state index contributed by atoms with van der Waals surface area (Å²) in [7, 11) is 1.49. The van der Waals surface area contributed by atoms with E-state index in [1.54, 1.807) is 12.4 Å². The molecule has 0 aromatic carbocycles. The van der Waals surface area contributed by atoms with E-state index < -0.39 is 12.0 Å². The molecular formula is C10H16N4O4. The lowest BCUT2D eigenvalue weighted by atomic mass is 10.5. The van der Waals surface area contributed by atoms with Gasteiger partial charge < -0.3 is 25.0 Å². The Labute approximate surface area is 104 Å². The third-order valence-electron chi connectivity index (χ3n) is 2.14. The Balaban J connectivity index is 2.44. The lowest BCUT2D eigenvalue weighted by molar-refractivity contribution is -0.137.